The van der Waals surface area contributed by atoms with Crippen molar-refractivity contribution in [3.63, 3.8) is 0 Å². The fourth-order valence-electron chi connectivity index (χ4n) is 3.33. The minimum Gasteiger partial charge on any atom is -0.356 e. The molecular formula is C23H46N2O2. The number of carbonyl (C=O) groups excluding carboxylic acids is 2. The van der Waals surface area contributed by atoms with E-state index >= 15 is 0 Å². The van der Waals surface area contributed by atoms with Crippen molar-refractivity contribution >= 4 is 11.8 Å². The summed E-state index contributed by atoms with van der Waals surface area (Å²) < 4.78 is 0. The van der Waals surface area contributed by atoms with Gasteiger partial charge in [-0.1, -0.05) is 72.6 Å². The van der Waals surface area contributed by atoms with Gasteiger partial charge in [-0.05, 0) is 37.5 Å². The lowest BCUT2D eigenvalue weighted by atomic mass is 9.99. The first-order chi connectivity index (χ1) is 13.1. The largest absolute Gasteiger partial charge is 0.356 e. The van der Waals surface area contributed by atoms with Gasteiger partial charge in [0.2, 0.25) is 11.8 Å². The zero-order valence-electron chi connectivity index (χ0n) is 18.6. The predicted molar refractivity (Wildman–Crippen MR) is 116 cm³/mol. The third kappa shape index (κ3) is 15.7. The number of amides is 2. The molecule has 0 heterocycles. The van der Waals surface area contributed by atoms with Crippen LogP contribution < -0.4 is 10.6 Å². The predicted octanol–water partition coefficient (Wildman–Crippen LogP) is 5.60. The minimum atomic E-state index is 0.163. The minimum absolute atomic E-state index is 0.163. The Balaban J connectivity index is 3.68. The Kier molecular flexibility index (Phi) is 17.6. The Bertz CT molecular complexity index is 337. The van der Waals surface area contributed by atoms with E-state index in [1.54, 1.807) is 0 Å². The van der Waals surface area contributed by atoms with Gasteiger partial charge in [-0.3, -0.25) is 9.59 Å². The summed E-state index contributed by atoms with van der Waals surface area (Å²) in [5, 5.41) is 6.16. The first kappa shape index (κ1) is 25.9. The third-order valence-corrected chi connectivity index (χ3v) is 5.57. The van der Waals surface area contributed by atoms with Gasteiger partial charge >= 0.3 is 0 Å². The first-order valence-corrected chi connectivity index (χ1v) is 11.6. The van der Waals surface area contributed by atoms with E-state index in [9.17, 15) is 9.59 Å². The second-order valence-corrected chi connectivity index (χ2v) is 8.00. The molecule has 2 amide bonds. The number of unbranched alkanes of at least 4 members (excludes halogenated alkanes) is 4. The highest BCUT2D eigenvalue weighted by Gasteiger charge is 2.10. The van der Waals surface area contributed by atoms with Crippen LogP contribution in [0.4, 0.5) is 0 Å². The van der Waals surface area contributed by atoms with Gasteiger partial charge in [-0.2, -0.15) is 0 Å². The zero-order valence-corrected chi connectivity index (χ0v) is 18.6. The average molecular weight is 383 g/mol. The van der Waals surface area contributed by atoms with Crippen molar-refractivity contribution in [1.29, 1.82) is 0 Å². The molecule has 0 spiro atoms. The Morgan fingerprint density at radius 2 is 1.04 bits per heavy atom. The summed E-state index contributed by atoms with van der Waals surface area (Å²) in [4.78, 5) is 23.9. The normalized spacial score (nSPS) is 13.2. The summed E-state index contributed by atoms with van der Waals surface area (Å²) in [5.74, 6) is 1.55. The van der Waals surface area contributed by atoms with Crippen molar-refractivity contribution in [3.05, 3.63) is 0 Å². The molecule has 160 valence electrons. The second kappa shape index (κ2) is 18.3. The van der Waals surface area contributed by atoms with Crippen molar-refractivity contribution in [3.8, 4) is 0 Å². The highest BCUT2D eigenvalue weighted by Crippen LogP contribution is 2.12. The number of carbonyl (C=O) groups is 2. The summed E-state index contributed by atoms with van der Waals surface area (Å²) >= 11 is 0. The smallest absolute Gasteiger partial charge is 0.220 e. The van der Waals surface area contributed by atoms with Crippen molar-refractivity contribution in [2.24, 2.45) is 11.8 Å². The summed E-state index contributed by atoms with van der Waals surface area (Å²) in [6.45, 7) is 10.4. The summed E-state index contributed by atoms with van der Waals surface area (Å²) in [6.07, 6.45) is 13.5. The fourth-order valence-corrected chi connectivity index (χ4v) is 3.33. The molecule has 0 aromatic carbocycles. The molecule has 0 aliphatic carbocycles. The van der Waals surface area contributed by atoms with Crippen molar-refractivity contribution in [2.45, 2.75) is 111 Å². The third-order valence-electron chi connectivity index (χ3n) is 5.57. The highest BCUT2D eigenvalue weighted by molar-refractivity contribution is 5.76. The van der Waals surface area contributed by atoms with Gasteiger partial charge in [0.15, 0.2) is 0 Å². The molecule has 0 aromatic rings. The number of rotatable bonds is 18. The molecule has 0 radical (unpaired) electrons. The van der Waals surface area contributed by atoms with Gasteiger partial charge in [0.25, 0.3) is 0 Å². The van der Waals surface area contributed by atoms with Gasteiger partial charge in [0.1, 0.15) is 0 Å². The zero-order chi connectivity index (χ0) is 20.3. The summed E-state index contributed by atoms with van der Waals surface area (Å²) in [6, 6.07) is 0. The molecule has 27 heavy (non-hydrogen) atoms. The topological polar surface area (TPSA) is 58.2 Å². The average Bonchev–Trinajstić information content (AvgIpc) is 2.68. The van der Waals surface area contributed by atoms with Gasteiger partial charge < -0.3 is 10.6 Å². The number of nitrogens with one attached hydrogen (secondary N) is 2. The molecule has 0 aromatic heterocycles. The van der Waals surface area contributed by atoms with Crippen LogP contribution in [0.1, 0.15) is 111 Å². The molecule has 2 unspecified atom stereocenters. The van der Waals surface area contributed by atoms with Crippen LogP contribution in [0.2, 0.25) is 0 Å². The first-order valence-electron chi connectivity index (χ1n) is 11.6. The molecule has 0 saturated heterocycles. The van der Waals surface area contributed by atoms with Crippen LogP contribution in [-0.2, 0) is 9.59 Å². The van der Waals surface area contributed by atoms with Crippen molar-refractivity contribution in [1.82, 2.24) is 10.6 Å². The Labute approximate surface area is 168 Å². The SMILES string of the molecule is CCCCC(CC)CNC(=O)CCCCCC(=O)NCC(CC)CCCC. The summed E-state index contributed by atoms with van der Waals surface area (Å²) in [7, 11) is 0. The maximum Gasteiger partial charge on any atom is 0.220 e. The molecule has 4 heteroatoms. The van der Waals surface area contributed by atoms with E-state index in [1.807, 2.05) is 0 Å². The Hall–Kier alpha value is -1.06. The molecular weight excluding hydrogens is 336 g/mol. The van der Waals surface area contributed by atoms with Crippen LogP contribution in [0.3, 0.4) is 0 Å². The molecule has 0 aliphatic heterocycles. The van der Waals surface area contributed by atoms with E-state index in [0.29, 0.717) is 24.7 Å². The van der Waals surface area contributed by atoms with E-state index in [1.165, 1.54) is 38.5 Å². The molecule has 4 nitrogen and oxygen atoms in total. The van der Waals surface area contributed by atoms with E-state index in [0.717, 1.165) is 45.2 Å². The number of hydrogen-bond acceptors (Lipinski definition) is 2. The lowest BCUT2D eigenvalue weighted by Crippen LogP contribution is -2.29. The van der Waals surface area contributed by atoms with E-state index in [4.69, 9.17) is 0 Å². The maximum absolute atomic E-state index is 11.9. The van der Waals surface area contributed by atoms with Gasteiger partial charge in [0, 0.05) is 25.9 Å². The van der Waals surface area contributed by atoms with Gasteiger partial charge in [0.05, 0.1) is 0 Å². The van der Waals surface area contributed by atoms with Gasteiger partial charge in [-0.25, -0.2) is 0 Å². The van der Waals surface area contributed by atoms with Crippen LogP contribution in [0, 0.1) is 11.8 Å². The van der Waals surface area contributed by atoms with Crippen LogP contribution >= 0.6 is 0 Å². The maximum atomic E-state index is 11.9. The molecule has 0 aliphatic rings. The van der Waals surface area contributed by atoms with Crippen molar-refractivity contribution < 1.29 is 9.59 Å². The van der Waals surface area contributed by atoms with E-state index in [2.05, 4.69) is 38.3 Å². The molecule has 0 saturated carbocycles. The molecule has 0 rings (SSSR count). The highest BCUT2D eigenvalue weighted by atomic mass is 16.2. The van der Waals surface area contributed by atoms with Crippen LogP contribution in [0.15, 0.2) is 0 Å². The van der Waals surface area contributed by atoms with Crippen molar-refractivity contribution in [2.75, 3.05) is 13.1 Å². The fraction of sp³-hybridized carbons (Fsp3) is 0.913. The lowest BCUT2D eigenvalue weighted by molar-refractivity contribution is -0.121. The standard InChI is InChI=1S/C23H46N2O2/c1-5-9-14-20(7-3)18-24-22(26)16-12-11-13-17-23(27)25-19-21(8-4)15-10-6-2/h20-21H,5-19H2,1-4H3,(H,24,26)(H,25,27). The molecule has 0 bridgehead atoms. The van der Waals surface area contributed by atoms with E-state index < -0.39 is 0 Å². The van der Waals surface area contributed by atoms with E-state index in [-0.39, 0.29) is 11.8 Å². The van der Waals surface area contributed by atoms with Gasteiger partial charge in [-0.15, -0.1) is 0 Å². The Morgan fingerprint density at radius 1 is 0.630 bits per heavy atom. The van der Waals surface area contributed by atoms with Crippen LogP contribution in [-0.4, -0.2) is 24.9 Å². The van der Waals surface area contributed by atoms with Crippen LogP contribution in [0.25, 0.3) is 0 Å². The lowest BCUT2D eigenvalue weighted by Gasteiger charge is -2.15. The quantitative estimate of drug-likeness (QED) is 0.303. The molecule has 2 N–H and O–H groups in total. The Morgan fingerprint density at radius 3 is 1.37 bits per heavy atom. The second-order valence-electron chi connectivity index (χ2n) is 8.00. The molecule has 2 atom stereocenters. The van der Waals surface area contributed by atoms with Crippen LogP contribution in [0.5, 0.6) is 0 Å². The number of hydrogen-bond donors (Lipinski definition) is 2. The molecule has 0 fully saturated rings. The monoisotopic (exact) mass is 382 g/mol. The summed E-state index contributed by atoms with van der Waals surface area (Å²) in [5.41, 5.74) is 0.